The molecule has 2 atom stereocenters. The third-order valence-electron chi connectivity index (χ3n) is 1.76. The van der Waals surface area contributed by atoms with E-state index in [1.54, 1.807) is 0 Å². The molecule has 0 fully saturated rings. The van der Waals surface area contributed by atoms with E-state index < -0.39 is 23.7 Å². The fourth-order valence-electron chi connectivity index (χ4n) is 0.993. The van der Waals surface area contributed by atoms with Gasteiger partial charge in [-0.3, -0.25) is 9.59 Å². The zero-order valence-corrected chi connectivity index (χ0v) is 7.18. The summed E-state index contributed by atoms with van der Waals surface area (Å²) in [6.07, 6.45) is -2.01. The predicted octanol–water partition coefficient (Wildman–Crippen LogP) is -1.75. The van der Waals surface area contributed by atoms with Crippen molar-refractivity contribution in [1.82, 2.24) is 4.98 Å². The van der Waals surface area contributed by atoms with Gasteiger partial charge in [-0.1, -0.05) is 0 Å². The van der Waals surface area contributed by atoms with Crippen LogP contribution in [0.2, 0.25) is 0 Å². The predicted molar refractivity (Wildman–Crippen MR) is 47.2 cm³/mol. The van der Waals surface area contributed by atoms with Gasteiger partial charge in [0.2, 0.25) is 5.91 Å². The Morgan fingerprint density at radius 1 is 1.50 bits per heavy atom. The summed E-state index contributed by atoms with van der Waals surface area (Å²) in [6, 6.07) is 2.77. The minimum Gasteiger partial charge on any atom is -0.385 e. The van der Waals surface area contributed by atoms with Gasteiger partial charge < -0.3 is 20.9 Å². The Morgan fingerprint density at radius 2 is 2.14 bits per heavy atom. The third kappa shape index (κ3) is 1.98. The van der Waals surface area contributed by atoms with Crippen molar-refractivity contribution in [3.8, 4) is 0 Å². The van der Waals surface area contributed by atoms with Crippen LogP contribution in [0, 0.1) is 0 Å². The number of primary amides is 1. The number of pyridine rings is 1. The highest BCUT2D eigenvalue weighted by molar-refractivity contribution is 5.79. The first-order valence-electron chi connectivity index (χ1n) is 3.87. The van der Waals surface area contributed by atoms with E-state index in [0.29, 0.717) is 0 Å². The molecule has 6 heteroatoms. The summed E-state index contributed by atoms with van der Waals surface area (Å²) in [5, 5.41) is 18.5. The highest BCUT2D eigenvalue weighted by Gasteiger charge is 2.25. The van der Waals surface area contributed by atoms with Gasteiger partial charge in [-0.05, 0) is 12.1 Å². The molecule has 0 aliphatic heterocycles. The smallest absolute Gasteiger partial charge is 0.253 e. The summed E-state index contributed by atoms with van der Waals surface area (Å²) >= 11 is 0. The molecule has 1 rings (SSSR count). The summed E-state index contributed by atoms with van der Waals surface area (Å²) in [4.78, 5) is 23.9. The van der Waals surface area contributed by atoms with Crippen LogP contribution < -0.4 is 11.3 Å². The number of nitrogens with two attached hydrogens (primary N) is 1. The lowest BCUT2D eigenvalue weighted by Gasteiger charge is -2.13. The number of nitrogens with one attached hydrogen (secondary N) is 1. The molecule has 76 valence electrons. The van der Waals surface area contributed by atoms with Crippen LogP contribution in [-0.2, 0) is 4.79 Å². The minimum atomic E-state index is -1.78. The van der Waals surface area contributed by atoms with Crippen molar-refractivity contribution >= 4 is 5.91 Å². The fraction of sp³-hybridized carbons (Fsp3) is 0.250. The second-order valence-corrected chi connectivity index (χ2v) is 2.75. The van der Waals surface area contributed by atoms with Crippen LogP contribution in [0.15, 0.2) is 23.1 Å². The van der Waals surface area contributed by atoms with Crippen molar-refractivity contribution in [1.29, 1.82) is 0 Å². The first-order chi connectivity index (χ1) is 6.54. The van der Waals surface area contributed by atoms with Gasteiger partial charge in [0.15, 0.2) is 6.10 Å². The first kappa shape index (κ1) is 10.4. The van der Waals surface area contributed by atoms with Crippen molar-refractivity contribution in [3.63, 3.8) is 0 Å². The van der Waals surface area contributed by atoms with Crippen molar-refractivity contribution in [2.24, 2.45) is 5.73 Å². The maximum absolute atomic E-state index is 11.1. The Kier molecular flexibility index (Phi) is 3.00. The number of aromatic nitrogens is 1. The Bertz CT molecular complexity index is 387. The lowest BCUT2D eigenvalue weighted by atomic mass is 10.1. The van der Waals surface area contributed by atoms with Gasteiger partial charge >= 0.3 is 0 Å². The van der Waals surface area contributed by atoms with Crippen LogP contribution in [-0.4, -0.2) is 27.2 Å². The van der Waals surface area contributed by atoms with Crippen molar-refractivity contribution in [3.05, 3.63) is 34.2 Å². The Morgan fingerprint density at radius 3 is 2.64 bits per heavy atom. The van der Waals surface area contributed by atoms with E-state index in [9.17, 15) is 14.7 Å². The first-order valence-corrected chi connectivity index (χ1v) is 3.87. The second-order valence-electron chi connectivity index (χ2n) is 2.75. The number of aliphatic hydroxyl groups is 2. The number of amides is 1. The molecular formula is C8H10N2O4. The van der Waals surface area contributed by atoms with E-state index in [0.717, 1.165) is 0 Å². The van der Waals surface area contributed by atoms with Crippen LogP contribution in [0.3, 0.4) is 0 Å². The summed E-state index contributed by atoms with van der Waals surface area (Å²) in [5.74, 6) is -1.08. The van der Waals surface area contributed by atoms with Crippen LogP contribution in [0.1, 0.15) is 11.7 Å². The monoisotopic (exact) mass is 198 g/mol. The van der Waals surface area contributed by atoms with Gasteiger partial charge in [0.25, 0.3) is 5.56 Å². The zero-order valence-electron chi connectivity index (χ0n) is 7.18. The molecule has 5 N–H and O–H groups in total. The summed E-state index contributed by atoms with van der Waals surface area (Å²) < 4.78 is 0. The maximum atomic E-state index is 11.1. The van der Waals surface area contributed by atoms with Crippen molar-refractivity contribution < 1.29 is 15.0 Å². The summed E-state index contributed by atoms with van der Waals surface area (Å²) in [5.41, 5.74) is 4.10. The molecule has 1 aromatic heterocycles. The quantitative estimate of drug-likeness (QED) is 0.461. The topological polar surface area (TPSA) is 116 Å². The average Bonchev–Trinajstić information content (AvgIpc) is 2.16. The highest BCUT2D eigenvalue weighted by atomic mass is 16.3. The molecule has 2 unspecified atom stereocenters. The second kappa shape index (κ2) is 4.03. The number of carbonyl (C=O) groups excluding carboxylic acids is 1. The van der Waals surface area contributed by atoms with E-state index in [1.165, 1.54) is 18.3 Å². The number of hydrogen-bond donors (Lipinski definition) is 4. The van der Waals surface area contributed by atoms with Crippen LogP contribution in [0.5, 0.6) is 0 Å². The van der Waals surface area contributed by atoms with Crippen molar-refractivity contribution in [2.45, 2.75) is 12.2 Å². The molecule has 0 aliphatic carbocycles. The molecule has 6 nitrogen and oxygen atoms in total. The Balaban J connectivity index is 3.01. The van der Waals surface area contributed by atoms with E-state index in [2.05, 4.69) is 4.98 Å². The molecule has 0 saturated heterocycles. The number of rotatable bonds is 3. The largest absolute Gasteiger partial charge is 0.385 e. The molecular weight excluding hydrogens is 188 g/mol. The highest BCUT2D eigenvalue weighted by Crippen LogP contribution is 2.11. The van der Waals surface area contributed by atoms with Gasteiger partial charge in [0.05, 0.1) is 0 Å². The lowest BCUT2D eigenvalue weighted by Crippen LogP contribution is -2.36. The van der Waals surface area contributed by atoms with Crippen LogP contribution in [0.4, 0.5) is 0 Å². The van der Waals surface area contributed by atoms with Crippen molar-refractivity contribution in [2.75, 3.05) is 0 Å². The number of aliphatic hydroxyl groups excluding tert-OH is 2. The molecule has 1 amide bonds. The fourth-order valence-corrected chi connectivity index (χ4v) is 0.993. The standard InChI is InChI=1S/C8H10N2O4/c9-7(13)6(12)5(11)4-2-1-3-10-8(4)14/h1-3,5-6,11-12H,(H2,9,13)(H,10,14). The summed E-state index contributed by atoms with van der Waals surface area (Å²) in [7, 11) is 0. The van der Waals surface area contributed by atoms with Gasteiger partial charge in [0, 0.05) is 11.8 Å². The van der Waals surface area contributed by atoms with E-state index in [4.69, 9.17) is 10.8 Å². The van der Waals surface area contributed by atoms with Gasteiger partial charge in [0.1, 0.15) is 6.10 Å². The molecule has 1 aromatic rings. The molecule has 14 heavy (non-hydrogen) atoms. The lowest BCUT2D eigenvalue weighted by molar-refractivity contribution is -0.132. The SMILES string of the molecule is NC(=O)C(O)C(O)c1ccc[nH]c1=O. The molecule has 0 radical (unpaired) electrons. The molecule has 0 bridgehead atoms. The molecule has 0 aliphatic rings. The van der Waals surface area contributed by atoms with E-state index in [1.807, 2.05) is 0 Å². The number of hydrogen-bond acceptors (Lipinski definition) is 4. The Labute approximate surface area is 79.0 Å². The number of H-pyrrole nitrogens is 1. The maximum Gasteiger partial charge on any atom is 0.253 e. The molecule has 0 aromatic carbocycles. The van der Waals surface area contributed by atoms with Crippen LogP contribution in [0.25, 0.3) is 0 Å². The van der Waals surface area contributed by atoms with Gasteiger partial charge in [-0.15, -0.1) is 0 Å². The Hall–Kier alpha value is -1.66. The average molecular weight is 198 g/mol. The van der Waals surface area contributed by atoms with E-state index in [-0.39, 0.29) is 5.56 Å². The van der Waals surface area contributed by atoms with Gasteiger partial charge in [-0.25, -0.2) is 0 Å². The third-order valence-corrected chi connectivity index (χ3v) is 1.76. The number of aromatic amines is 1. The van der Waals surface area contributed by atoms with Crippen LogP contribution >= 0.6 is 0 Å². The normalized spacial score (nSPS) is 14.7. The zero-order chi connectivity index (χ0) is 10.7. The molecule has 0 saturated carbocycles. The number of carbonyl (C=O) groups is 1. The summed E-state index contributed by atoms with van der Waals surface area (Å²) in [6.45, 7) is 0. The van der Waals surface area contributed by atoms with Gasteiger partial charge in [-0.2, -0.15) is 0 Å². The van der Waals surface area contributed by atoms with E-state index >= 15 is 0 Å². The molecule has 0 spiro atoms. The molecule has 1 heterocycles. The minimum absolute atomic E-state index is 0.0983.